The molecular weight excluding hydrogens is 247 g/mol. The van der Waals surface area contributed by atoms with Crippen molar-refractivity contribution in [3.8, 4) is 0 Å². The van der Waals surface area contributed by atoms with Crippen molar-refractivity contribution in [2.45, 2.75) is 36.9 Å². The number of halogens is 4. The van der Waals surface area contributed by atoms with E-state index in [1.807, 2.05) is 25.1 Å². The monoisotopic (exact) mass is 259 g/mol. The minimum atomic E-state index is -4.69. The second kappa shape index (κ2) is 3.03. The van der Waals surface area contributed by atoms with Crippen LogP contribution in [0.3, 0.4) is 0 Å². The number of hydrogen-bond acceptors (Lipinski definition) is 0. The maximum absolute atomic E-state index is 12.8. The lowest BCUT2D eigenvalue weighted by molar-refractivity contribution is -0.0399. The summed E-state index contributed by atoms with van der Waals surface area (Å²) in [7, 11) is 0. The Morgan fingerprint density at radius 1 is 1.18 bits per heavy atom. The third kappa shape index (κ3) is 1.33. The van der Waals surface area contributed by atoms with Crippen LogP contribution >= 0.6 is 11.6 Å². The van der Waals surface area contributed by atoms with Crippen LogP contribution in [-0.4, -0.2) is 6.98 Å². The lowest BCUT2D eigenvalue weighted by Gasteiger charge is -2.75. The van der Waals surface area contributed by atoms with Gasteiger partial charge in [0.25, 0.3) is 0 Å². The minimum Gasteiger partial charge on any atom is -0.449 e. The Kier molecular flexibility index (Phi) is 2.04. The van der Waals surface area contributed by atoms with Gasteiger partial charge >= 0.3 is 6.98 Å². The number of rotatable bonds is 2. The second-order valence-electron chi connectivity index (χ2n) is 5.73. The highest BCUT2D eigenvalue weighted by atomic mass is 35.5. The summed E-state index contributed by atoms with van der Waals surface area (Å²) in [5.74, 6) is 0. The zero-order valence-corrected chi connectivity index (χ0v) is 10.2. The van der Waals surface area contributed by atoms with Gasteiger partial charge in [0.05, 0.1) is 0 Å². The standard InChI is InChI=1S/C12H12BClF3/c1-8-2-3-9(10(14)4-8)11-5-12(6-11,7-11)13(15,16)17/h2-4H,5-7H2,1H3/q-1. The maximum Gasteiger partial charge on any atom is 0.484 e. The fourth-order valence-corrected chi connectivity index (χ4v) is 3.99. The Bertz CT molecular complexity index is 475. The molecule has 3 aliphatic rings. The first-order valence-corrected chi connectivity index (χ1v) is 6.12. The van der Waals surface area contributed by atoms with Crippen molar-refractivity contribution < 1.29 is 12.9 Å². The molecule has 0 N–H and O–H groups in total. The summed E-state index contributed by atoms with van der Waals surface area (Å²) in [6.07, 6.45) is 0.727. The summed E-state index contributed by atoms with van der Waals surface area (Å²) in [6.45, 7) is -2.77. The van der Waals surface area contributed by atoms with E-state index in [0.717, 1.165) is 11.1 Å². The van der Waals surface area contributed by atoms with Crippen LogP contribution < -0.4 is 0 Å². The van der Waals surface area contributed by atoms with Crippen LogP contribution in [0.15, 0.2) is 18.2 Å². The summed E-state index contributed by atoms with van der Waals surface area (Å²) >= 11 is 6.13. The highest BCUT2D eigenvalue weighted by Gasteiger charge is 2.74. The van der Waals surface area contributed by atoms with Crippen molar-refractivity contribution in [1.29, 1.82) is 0 Å². The molecule has 5 heteroatoms. The van der Waals surface area contributed by atoms with Crippen LogP contribution in [0.4, 0.5) is 12.9 Å². The molecule has 0 atom stereocenters. The summed E-state index contributed by atoms with van der Waals surface area (Å²) in [6, 6.07) is 5.65. The summed E-state index contributed by atoms with van der Waals surface area (Å²) < 4.78 is 38.4. The molecule has 0 heterocycles. The Balaban J connectivity index is 1.87. The third-order valence-electron chi connectivity index (χ3n) is 4.46. The molecule has 3 fully saturated rings. The Morgan fingerprint density at radius 2 is 1.76 bits per heavy atom. The first kappa shape index (κ1) is 11.5. The lowest BCUT2D eigenvalue weighted by atomic mass is 9.23. The zero-order valence-electron chi connectivity index (χ0n) is 9.44. The summed E-state index contributed by atoms with van der Waals surface area (Å²) in [5, 5.41) is -0.721. The van der Waals surface area contributed by atoms with Crippen LogP contribution in [0, 0.1) is 6.92 Å². The van der Waals surface area contributed by atoms with Crippen LogP contribution in [0.1, 0.15) is 30.4 Å². The molecule has 0 saturated heterocycles. The molecule has 1 aromatic rings. The predicted octanol–water partition coefficient (Wildman–Crippen LogP) is 4.67. The summed E-state index contributed by atoms with van der Waals surface area (Å²) in [4.78, 5) is 0. The SMILES string of the molecule is Cc1ccc(C23CC([B-](F)(F)F)(C2)C3)c(Cl)c1. The zero-order chi connectivity index (χ0) is 12.5. The van der Waals surface area contributed by atoms with Gasteiger partial charge in [-0.1, -0.05) is 48.3 Å². The average Bonchev–Trinajstić information content (AvgIpc) is 2.01. The molecule has 1 aromatic carbocycles. The van der Waals surface area contributed by atoms with Crippen LogP contribution in [0.5, 0.6) is 0 Å². The van der Waals surface area contributed by atoms with Gasteiger partial charge in [-0.3, -0.25) is 0 Å². The van der Waals surface area contributed by atoms with E-state index in [0.29, 0.717) is 5.02 Å². The first-order valence-electron chi connectivity index (χ1n) is 5.74. The first-order chi connectivity index (χ1) is 7.78. The highest BCUT2D eigenvalue weighted by molar-refractivity contribution is 6.63. The van der Waals surface area contributed by atoms with E-state index >= 15 is 0 Å². The number of aryl methyl sites for hydroxylation is 1. The van der Waals surface area contributed by atoms with Gasteiger partial charge in [-0.25, -0.2) is 0 Å². The fourth-order valence-electron chi connectivity index (χ4n) is 3.55. The molecule has 4 rings (SSSR count). The van der Waals surface area contributed by atoms with Gasteiger partial charge in [-0.05, 0) is 29.5 Å². The van der Waals surface area contributed by atoms with Gasteiger partial charge in [0, 0.05) is 5.02 Å². The molecule has 0 unspecified atom stereocenters. The molecule has 3 aliphatic carbocycles. The Morgan fingerprint density at radius 3 is 2.24 bits per heavy atom. The molecule has 0 aromatic heterocycles. The minimum absolute atomic E-state index is 0.242. The molecule has 2 bridgehead atoms. The topological polar surface area (TPSA) is 0 Å². The van der Waals surface area contributed by atoms with E-state index in [-0.39, 0.29) is 24.7 Å². The van der Waals surface area contributed by atoms with Crippen molar-refractivity contribution >= 4 is 18.6 Å². The normalized spacial score (nSPS) is 35.1. The molecule has 3 saturated carbocycles. The highest BCUT2D eigenvalue weighted by Crippen LogP contribution is 2.82. The molecule has 0 radical (unpaired) electrons. The van der Waals surface area contributed by atoms with Crippen LogP contribution in [0.25, 0.3) is 0 Å². The van der Waals surface area contributed by atoms with Crippen molar-refractivity contribution in [1.82, 2.24) is 0 Å². The van der Waals surface area contributed by atoms with Crippen molar-refractivity contribution in [3.63, 3.8) is 0 Å². The fraction of sp³-hybridized carbons (Fsp3) is 0.500. The molecular formula is C12H12BClF3-. The quantitative estimate of drug-likeness (QED) is 0.677. The van der Waals surface area contributed by atoms with Crippen molar-refractivity contribution in [2.75, 3.05) is 0 Å². The molecule has 0 aliphatic heterocycles. The van der Waals surface area contributed by atoms with Crippen LogP contribution in [-0.2, 0) is 5.41 Å². The molecule has 0 nitrogen and oxygen atoms in total. The van der Waals surface area contributed by atoms with Gasteiger partial charge in [0.15, 0.2) is 0 Å². The van der Waals surface area contributed by atoms with E-state index in [4.69, 9.17) is 11.6 Å². The lowest BCUT2D eigenvalue weighted by Crippen LogP contribution is -2.67. The van der Waals surface area contributed by atoms with Gasteiger partial charge in [-0.15, -0.1) is 0 Å². The van der Waals surface area contributed by atoms with Crippen molar-refractivity contribution in [2.24, 2.45) is 0 Å². The van der Waals surface area contributed by atoms with Crippen molar-refractivity contribution in [3.05, 3.63) is 34.3 Å². The molecule has 17 heavy (non-hydrogen) atoms. The number of hydrogen-bond donors (Lipinski definition) is 0. The van der Waals surface area contributed by atoms with Gasteiger partial charge in [0.2, 0.25) is 0 Å². The van der Waals surface area contributed by atoms with E-state index in [1.54, 1.807) is 0 Å². The third-order valence-corrected chi connectivity index (χ3v) is 4.77. The number of benzene rings is 1. The van der Waals surface area contributed by atoms with Gasteiger partial charge < -0.3 is 12.9 Å². The molecule has 92 valence electrons. The van der Waals surface area contributed by atoms with E-state index in [2.05, 4.69) is 0 Å². The average molecular weight is 259 g/mol. The Labute approximate surface area is 103 Å². The second-order valence-corrected chi connectivity index (χ2v) is 6.14. The Hall–Kier alpha value is -0.635. The van der Waals surface area contributed by atoms with Gasteiger partial charge in [-0.2, -0.15) is 0 Å². The van der Waals surface area contributed by atoms with Gasteiger partial charge in [0.1, 0.15) is 0 Å². The smallest absolute Gasteiger partial charge is 0.449 e. The summed E-state index contributed by atoms with van der Waals surface area (Å²) in [5.41, 5.74) is 1.67. The molecule has 0 spiro atoms. The van der Waals surface area contributed by atoms with E-state index in [9.17, 15) is 12.9 Å². The predicted molar refractivity (Wildman–Crippen MR) is 63.5 cm³/mol. The largest absolute Gasteiger partial charge is 0.484 e. The van der Waals surface area contributed by atoms with Crippen LogP contribution in [0.2, 0.25) is 10.3 Å². The maximum atomic E-state index is 12.8. The molecule has 0 amide bonds. The van der Waals surface area contributed by atoms with E-state index < -0.39 is 12.3 Å². The van der Waals surface area contributed by atoms with E-state index in [1.165, 1.54) is 0 Å².